The van der Waals surface area contributed by atoms with Gasteiger partial charge in [-0.25, -0.2) is 0 Å². The number of ether oxygens (including phenoxy) is 2. The van der Waals surface area contributed by atoms with Gasteiger partial charge in [0.15, 0.2) is 0 Å². The second-order valence-electron chi connectivity index (χ2n) is 7.85. The maximum absolute atomic E-state index is 6.25. The molecular formula is C18H31NO2. The lowest BCUT2D eigenvalue weighted by Gasteiger charge is -2.44. The van der Waals surface area contributed by atoms with Crippen LogP contribution in [-0.2, 0) is 9.47 Å². The van der Waals surface area contributed by atoms with Crippen molar-refractivity contribution in [2.75, 3.05) is 13.2 Å². The summed E-state index contributed by atoms with van der Waals surface area (Å²) in [6, 6.07) is 0.659. The minimum atomic E-state index is 0.245. The van der Waals surface area contributed by atoms with E-state index in [9.17, 15) is 0 Å². The van der Waals surface area contributed by atoms with Crippen LogP contribution in [0.5, 0.6) is 0 Å². The van der Waals surface area contributed by atoms with Crippen molar-refractivity contribution in [1.82, 2.24) is 5.32 Å². The fourth-order valence-electron chi connectivity index (χ4n) is 5.70. The van der Waals surface area contributed by atoms with Crippen LogP contribution in [0.4, 0.5) is 0 Å². The summed E-state index contributed by atoms with van der Waals surface area (Å²) in [7, 11) is 0. The average molecular weight is 293 g/mol. The van der Waals surface area contributed by atoms with Crippen LogP contribution < -0.4 is 5.32 Å². The van der Waals surface area contributed by atoms with E-state index in [0.29, 0.717) is 18.2 Å². The van der Waals surface area contributed by atoms with Gasteiger partial charge in [0.25, 0.3) is 0 Å². The Morgan fingerprint density at radius 2 is 2.05 bits per heavy atom. The van der Waals surface area contributed by atoms with Crippen LogP contribution in [0.15, 0.2) is 0 Å². The highest BCUT2D eigenvalue weighted by molar-refractivity contribution is 5.01. The first-order valence-electron chi connectivity index (χ1n) is 9.32. The van der Waals surface area contributed by atoms with E-state index in [-0.39, 0.29) is 5.60 Å². The molecule has 0 aromatic carbocycles. The molecule has 1 spiro atoms. The standard InChI is InChI=1S/C18H31NO2/c1-2-19-17(15-11-14-5-6-16(15)21-14)13-7-10-20-18(12-13)8-3-4-9-18/h13-17,19H,2-12H2,1H3. The molecule has 3 aliphatic heterocycles. The van der Waals surface area contributed by atoms with Gasteiger partial charge in [-0.05, 0) is 57.4 Å². The van der Waals surface area contributed by atoms with Crippen molar-refractivity contribution in [1.29, 1.82) is 0 Å². The lowest BCUT2D eigenvalue weighted by molar-refractivity contribution is -0.102. The lowest BCUT2D eigenvalue weighted by atomic mass is 9.72. The van der Waals surface area contributed by atoms with E-state index >= 15 is 0 Å². The van der Waals surface area contributed by atoms with Crippen LogP contribution in [0.3, 0.4) is 0 Å². The first-order valence-corrected chi connectivity index (χ1v) is 9.32. The third-order valence-electron chi connectivity index (χ3n) is 6.61. The van der Waals surface area contributed by atoms with Gasteiger partial charge in [0, 0.05) is 18.6 Å². The Balaban J connectivity index is 1.48. The molecular weight excluding hydrogens is 262 g/mol. The Bertz CT molecular complexity index is 366. The maximum Gasteiger partial charge on any atom is 0.0685 e. The normalized spacial score (nSPS) is 42.7. The molecule has 5 unspecified atom stereocenters. The summed E-state index contributed by atoms with van der Waals surface area (Å²) in [6.45, 7) is 4.32. The van der Waals surface area contributed by atoms with Crippen LogP contribution in [0.2, 0.25) is 0 Å². The van der Waals surface area contributed by atoms with E-state index in [1.54, 1.807) is 0 Å². The molecule has 0 aromatic rings. The minimum absolute atomic E-state index is 0.245. The van der Waals surface area contributed by atoms with Gasteiger partial charge in [-0.1, -0.05) is 19.8 Å². The molecule has 21 heavy (non-hydrogen) atoms. The molecule has 3 saturated heterocycles. The predicted molar refractivity (Wildman–Crippen MR) is 83.3 cm³/mol. The molecule has 3 nitrogen and oxygen atoms in total. The SMILES string of the molecule is CCNC(C1CCOC2(CCCC2)C1)C1CC2CCC1O2. The first kappa shape index (κ1) is 14.5. The molecule has 0 amide bonds. The summed E-state index contributed by atoms with van der Waals surface area (Å²) in [5.41, 5.74) is 0.245. The van der Waals surface area contributed by atoms with Crippen LogP contribution in [0.1, 0.15) is 64.7 Å². The highest BCUT2D eigenvalue weighted by Crippen LogP contribution is 2.47. The van der Waals surface area contributed by atoms with Crippen LogP contribution in [0, 0.1) is 11.8 Å². The van der Waals surface area contributed by atoms with Gasteiger partial charge >= 0.3 is 0 Å². The summed E-state index contributed by atoms with van der Waals surface area (Å²) in [5.74, 6) is 1.55. The Labute approximate surface area is 129 Å². The molecule has 4 rings (SSSR count). The van der Waals surface area contributed by atoms with Crippen LogP contribution in [0.25, 0.3) is 0 Å². The molecule has 3 heteroatoms. The van der Waals surface area contributed by atoms with E-state index < -0.39 is 0 Å². The van der Waals surface area contributed by atoms with Gasteiger partial charge in [0.05, 0.1) is 17.8 Å². The van der Waals surface area contributed by atoms with Crippen molar-refractivity contribution in [3.05, 3.63) is 0 Å². The van der Waals surface area contributed by atoms with Crippen molar-refractivity contribution in [3.8, 4) is 0 Å². The average Bonchev–Trinajstić information content (AvgIpc) is 3.22. The van der Waals surface area contributed by atoms with E-state index in [4.69, 9.17) is 9.47 Å². The number of hydrogen-bond acceptors (Lipinski definition) is 3. The number of fused-ring (bicyclic) bond motifs is 2. The predicted octanol–water partition coefficient (Wildman–Crippen LogP) is 3.27. The number of hydrogen-bond donors (Lipinski definition) is 1. The molecule has 120 valence electrons. The molecule has 1 saturated carbocycles. The summed E-state index contributed by atoms with van der Waals surface area (Å²) in [5, 5.41) is 3.85. The highest BCUT2D eigenvalue weighted by Gasteiger charge is 2.49. The van der Waals surface area contributed by atoms with Gasteiger partial charge < -0.3 is 14.8 Å². The second-order valence-corrected chi connectivity index (χ2v) is 7.85. The zero-order valence-corrected chi connectivity index (χ0v) is 13.5. The Kier molecular flexibility index (Phi) is 4.01. The molecule has 3 heterocycles. The van der Waals surface area contributed by atoms with Gasteiger partial charge in [-0.2, -0.15) is 0 Å². The van der Waals surface area contributed by atoms with Crippen molar-refractivity contribution in [3.63, 3.8) is 0 Å². The highest BCUT2D eigenvalue weighted by atomic mass is 16.5. The van der Waals surface area contributed by atoms with Crippen LogP contribution in [-0.4, -0.2) is 37.0 Å². The van der Waals surface area contributed by atoms with E-state index in [2.05, 4.69) is 12.2 Å². The topological polar surface area (TPSA) is 30.5 Å². The molecule has 4 aliphatic rings. The Hall–Kier alpha value is -0.120. The zero-order chi connectivity index (χ0) is 14.3. The van der Waals surface area contributed by atoms with Crippen molar-refractivity contribution in [2.24, 2.45) is 11.8 Å². The minimum Gasteiger partial charge on any atom is -0.375 e. The maximum atomic E-state index is 6.25. The second kappa shape index (κ2) is 5.82. The zero-order valence-electron chi connectivity index (χ0n) is 13.5. The van der Waals surface area contributed by atoms with E-state index in [0.717, 1.165) is 25.0 Å². The fraction of sp³-hybridized carbons (Fsp3) is 1.00. The summed E-state index contributed by atoms with van der Waals surface area (Å²) >= 11 is 0. The number of rotatable bonds is 4. The molecule has 1 aliphatic carbocycles. The quantitative estimate of drug-likeness (QED) is 0.863. The Morgan fingerprint density at radius 3 is 2.71 bits per heavy atom. The van der Waals surface area contributed by atoms with Gasteiger partial charge in [0.2, 0.25) is 0 Å². The molecule has 0 aromatic heterocycles. The Morgan fingerprint density at radius 1 is 1.19 bits per heavy atom. The molecule has 2 bridgehead atoms. The smallest absolute Gasteiger partial charge is 0.0685 e. The molecule has 0 radical (unpaired) electrons. The summed E-state index contributed by atoms with van der Waals surface area (Å²) in [6.07, 6.45) is 12.9. The van der Waals surface area contributed by atoms with Crippen molar-refractivity contribution >= 4 is 0 Å². The van der Waals surface area contributed by atoms with Gasteiger partial charge in [-0.3, -0.25) is 0 Å². The van der Waals surface area contributed by atoms with Crippen molar-refractivity contribution in [2.45, 2.75) is 88.6 Å². The first-order chi connectivity index (χ1) is 10.3. The number of nitrogens with one attached hydrogen (secondary N) is 1. The van der Waals surface area contributed by atoms with Gasteiger partial charge in [-0.15, -0.1) is 0 Å². The van der Waals surface area contributed by atoms with Crippen molar-refractivity contribution < 1.29 is 9.47 Å². The monoisotopic (exact) mass is 293 g/mol. The lowest BCUT2D eigenvalue weighted by Crippen LogP contribution is -2.50. The molecule has 1 N–H and O–H groups in total. The third-order valence-corrected chi connectivity index (χ3v) is 6.61. The summed E-state index contributed by atoms with van der Waals surface area (Å²) in [4.78, 5) is 0. The largest absolute Gasteiger partial charge is 0.375 e. The van der Waals surface area contributed by atoms with E-state index in [1.807, 2.05) is 0 Å². The van der Waals surface area contributed by atoms with Crippen LogP contribution >= 0.6 is 0 Å². The summed E-state index contributed by atoms with van der Waals surface area (Å²) < 4.78 is 12.4. The third kappa shape index (κ3) is 2.66. The van der Waals surface area contributed by atoms with E-state index in [1.165, 1.54) is 57.8 Å². The molecule has 5 atom stereocenters. The van der Waals surface area contributed by atoms with Gasteiger partial charge in [0.1, 0.15) is 0 Å². The molecule has 4 fully saturated rings. The fourth-order valence-corrected chi connectivity index (χ4v) is 5.70.